The minimum atomic E-state index is 0. The Morgan fingerprint density at radius 2 is 2.17 bits per heavy atom. The van der Waals surface area contributed by atoms with Gasteiger partial charge in [-0.15, -0.1) is 0 Å². The molecule has 0 aliphatic rings. The second-order valence-electron chi connectivity index (χ2n) is 0.836. The fourth-order valence-corrected chi connectivity index (χ4v) is 0.136. The average molecular weight is 164 g/mol. The first-order valence-corrected chi connectivity index (χ1v) is 1.78. The molecule has 0 unspecified atom stereocenters. The first kappa shape index (κ1) is 9.94. The molecule has 0 aliphatic heterocycles. The van der Waals surface area contributed by atoms with Gasteiger partial charge in [0.1, 0.15) is 0 Å². The summed E-state index contributed by atoms with van der Waals surface area (Å²) in [6.07, 6.45) is 1.04. The van der Waals surface area contributed by atoms with E-state index in [9.17, 15) is 0 Å². The Hall–Kier alpha value is 0.818. The first-order valence-electron chi connectivity index (χ1n) is 1.78. The Balaban J connectivity index is 0. The maximum absolute atomic E-state index is 4.96. The van der Waals surface area contributed by atoms with E-state index in [0.29, 0.717) is 0 Å². The summed E-state index contributed by atoms with van der Waals surface area (Å²) in [6, 6.07) is 0. The van der Waals surface area contributed by atoms with Gasteiger partial charge in [-0.3, -0.25) is 0 Å². The molecule has 0 amide bonds. The van der Waals surface area contributed by atoms with Gasteiger partial charge < -0.3 is 0 Å². The van der Waals surface area contributed by atoms with Crippen LogP contribution in [-0.2, 0) is 19.5 Å². The topological polar surface area (TPSA) is 0 Å². The molecule has 0 saturated carbocycles. The summed E-state index contributed by atoms with van der Waals surface area (Å²) in [5.41, 5.74) is 0. The van der Waals surface area contributed by atoms with Crippen molar-refractivity contribution in [2.75, 3.05) is 0 Å². The quantitative estimate of drug-likeness (QED) is 0.497. The predicted molar refractivity (Wildman–Crippen MR) is 27.7 cm³/mol. The fraction of sp³-hybridized carbons (Fsp3) is 1.00. The van der Waals surface area contributed by atoms with Gasteiger partial charge in [-0.25, -0.2) is 0 Å². The monoisotopic (exact) mass is 165 g/mol. The number of hydrogen-bond acceptors (Lipinski definition) is 0. The molecule has 0 saturated heterocycles. The van der Waals surface area contributed by atoms with Gasteiger partial charge in [0, 0.05) is 14.8 Å². The maximum atomic E-state index is 4.96. The van der Waals surface area contributed by atoms with Crippen molar-refractivity contribution in [3.05, 3.63) is 0 Å². The summed E-state index contributed by atoms with van der Waals surface area (Å²) < 4.78 is 0. The normalized spacial score (nSPS) is 5.50. The zero-order chi connectivity index (χ0) is 4.12. The Labute approximate surface area is 55.1 Å². The van der Waals surface area contributed by atoms with Crippen LogP contribution in [0.15, 0.2) is 0 Å². The predicted octanol–water partition coefficient (Wildman–Crippen LogP) is -0.171. The van der Waals surface area contributed by atoms with Crippen molar-refractivity contribution in [3.8, 4) is 0 Å². The maximum Gasteiger partial charge on any atom is 2.00 e. The Morgan fingerprint density at radius 3 is 2.17 bits per heavy atom. The van der Waals surface area contributed by atoms with Crippen LogP contribution in [0, 0.1) is 0 Å². The summed E-state index contributed by atoms with van der Waals surface area (Å²) in [5, 5.41) is 0. The second-order valence-corrected chi connectivity index (χ2v) is 0.836. The van der Waals surface area contributed by atoms with Gasteiger partial charge in [-0.2, -0.15) is 0 Å². The largest absolute Gasteiger partial charge is 2.00 e. The molecule has 0 fully saturated rings. The Bertz CT molecular complexity index is 16.3. The molecule has 0 heterocycles. The zero-order valence-electron chi connectivity index (χ0n) is 3.77. The zero-order valence-corrected chi connectivity index (χ0v) is 5.41. The third kappa shape index (κ3) is 8.84. The van der Waals surface area contributed by atoms with E-state index in [2.05, 4.69) is 0 Å². The van der Waals surface area contributed by atoms with Gasteiger partial charge in [0.25, 0.3) is 0 Å². The van der Waals surface area contributed by atoms with Crippen molar-refractivity contribution < 1.29 is 19.5 Å². The molecule has 0 aromatic heterocycles. The Morgan fingerprint density at radius 1 is 1.67 bits per heavy atom. The second kappa shape index (κ2) is 9.26. The standard InChI is InChI=1S/C2H5B3.Rh/c1-2-4-5-3;/h2H2,1H3;/q;+2. The van der Waals surface area contributed by atoms with Crippen molar-refractivity contribution in [2.24, 2.45) is 0 Å². The van der Waals surface area contributed by atoms with Crippen LogP contribution >= 0.6 is 0 Å². The molecular formula is C2H5B3Rh+2. The van der Waals surface area contributed by atoms with Gasteiger partial charge in [-0.1, -0.05) is 13.2 Å². The van der Waals surface area contributed by atoms with E-state index >= 15 is 0 Å². The van der Waals surface area contributed by atoms with Crippen molar-refractivity contribution in [1.82, 2.24) is 0 Å². The molecule has 0 bridgehead atoms. The van der Waals surface area contributed by atoms with Crippen LogP contribution in [0.4, 0.5) is 0 Å². The van der Waals surface area contributed by atoms with Crippen molar-refractivity contribution in [1.29, 1.82) is 0 Å². The van der Waals surface area contributed by atoms with E-state index in [-0.39, 0.29) is 19.5 Å². The van der Waals surface area contributed by atoms with E-state index < -0.39 is 0 Å². The smallest absolute Gasteiger partial charge is 0.0923 e. The van der Waals surface area contributed by atoms with Gasteiger partial charge in [0.05, 0.1) is 7.17 Å². The van der Waals surface area contributed by atoms with Crippen LogP contribution in [-0.4, -0.2) is 22.0 Å². The molecule has 6 heavy (non-hydrogen) atoms. The fourth-order valence-electron chi connectivity index (χ4n) is 0.136. The van der Waals surface area contributed by atoms with E-state index in [1.54, 1.807) is 7.06 Å². The SMILES string of the molecule is [B][B][B]CC.[Rh+2]. The molecule has 0 aromatic carbocycles. The van der Waals surface area contributed by atoms with Gasteiger partial charge in [0.2, 0.25) is 0 Å². The molecule has 0 N–H and O–H groups in total. The van der Waals surface area contributed by atoms with E-state index in [1.807, 2.05) is 14.1 Å². The van der Waals surface area contributed by atoms with Crippen LogP contribution < -0.4 is 0 Å². The molecule has 0 atom stereocenters. The average Bonchev–Trinajstić information content (AvgIpc) is 1.41. The molecule has 0 aromatic rings. The minimum Gasteiger partial charge on any atom is -0.0923 e. The van der Waals surface area contributed by atoms with E-state index in [1.165, 1.54) is 0 Å². The summed E-state index contributed by atoms with van der Waals surface area (Å²) in [7, 11) is 8.42. The molecule has 4 heteroatoms. The number of hydrogen-bond donors (Lipinski definition) is 0. The van der Waals surface area contributed by atoms with E-state index in [4.69, 9.17) is 7.74 Å². The number of rotatable bonds is 2. The summed E-state index contributed by atoms with van der Waals surface area (Å²) in [5.74, 6) is 0. The molecule has 0 aliphatic carbocycles. The van der Waals surface area contributed by atoms with Crippen molar-refractivity contribution in [2.45, 2.75) is 13.2 Å². The van der Waals surface area contributed by atoms with Gasteiger partial charge in [-0.05, 0) is 0 Å². The van der Waals surface area contributed by atoms with Crippen molar-refractivity contribution >= 4 is 22.0 Å². The van der Waals surface area contributed by atoms with Crippen LogP contribution in [0.1, 0.15) is 6.92 Å². The van der Waals surface area contributed by atoms with Crippen LogP contribution in [0.5, 0.6) is 0 Å². The summed E-state index contributed by atoms with van der Waals surface area (Å²) in [4.78, 5) is 0. The van der Waals surface area contributed by atoms with Crippen molar-refractivity contribution in [3.63, 3.8) is 0 Å². The van der Waals surface area contributed by atoms with Crippen LogP contribution in [0.2, 0.25) is 6.32 Å². The van der Waals surface area contributed by atoms with E-state index in [0.717, 1.165) is 6.32 Å². The minimum absolute atomic E-state index is 0. The summed E-state index contributed by atoms with van der Waals surface area (Å²) >= 11 is 0. The third-order valence-electron chi connectivity index (χ3n) is 0.372. The van der Waals surface area contributed by atoms with Gasteiger partial charge >= 0.3 is 19.5 Å². The molecule has 5 radical (unpaired) electrons. The molecule has 0 spiro atoms. The summed E-state index contributed by atoms with van der Waals surface area (Å²) in [6.45, 7) is 2.04. The van der Waals surface area contributed by atoms with Crippen LogP contribution in [0.25, 0.3) is 0 Å². The molecule has 0 rings (SSSR count). The molecule has 0 nitrogen and oxygen atoms in total. The first-order chi connectivity index (χ1) is 2.41. The third-order valence-corrected chi connectivity index (χ3v) is 0.372. The van der Waals surface area contributed by atoms with Crippen LogP contribution in [0.3, 0.4) is 0 Å². The van der Waals surface area contributed by atoms with Gasteiger partial charge in [0.15, 0.2) is 0 Å². The molecular weight excluding hydrogens is 159 g/mol. The Kier molecular flexibility index (Phi) is 15.4. The molecule has 29 valence electrons.